The monoisotopic (exact) mass is 367 g/mol. The minimum Gasteiger partial charge on any atom is -0.493 e. The minimum atomic E-state index is 0. The van der Waals surface area contributed by atoms with Gasteiger partial charge in [-0.15, -0.1) is 23.7 Å². The van der Waals surface area contributed by atoms with Crippen LogP contribution >= 0.6 is 23.7 Å². The Hall–Kier alpha value is -1.30. The van der Waals surface area contributed by atoms with Crippen LogP contribution in [0.3, 0.4) is 0 Å². The second-order valence-electron chi connectivity index (χ2n) is 6.27. The van der Waals surface area contributed by atoms with Crippen LogP contribution in [0.25, 0.3) is 11.3 Å². The SMILES string of the molecule is Cl.N.c1ccc2c(c1)OCCc1sc(NCC3CCCCC3)nc1-2. The zero-order chi connectivity index (χ0) is 14.8. The van der Waals surface area contributed by atoms with Crippen molar-refractivity contribution in [3.05, 3.63) is 29.1 Å². The number of rotatable bonds is 3. The summed E-state index contributed by atoms with van der Waals surface area (Å²) in [5, 5.41) is 4.67. The molecular weight excluding hydrogens is 342 g/mol. The molecule has 0 bridgehead atoms. The van der Waals surface area contributed by atoms with Gasteiger partial charge in [-0.25, -0.2) is 4.98 Å². The van der Waals surface area contributed by atoms with Crippen LogP contribution in [0.4, 0.5) is 5.13 Å². The number of benzene rings is 1. The summed E-state index contributed by atoms with van der Waals surface area (Å²) in [6, 6.07) is 8.24. The molecule has 2 heterocycles. The molecule has 4 rings (SSSR count). The van der Waals surface area contributed by atoms with E-state index in [0.717, 1.165) is 47.6 Å². The Balaban J connectivity index is 0.00000104. The number of para-hydroxylation sites is 1. The molecule has 4 N–H and O–H groups in total. The van der Waals surface area contributed by atoms with Gasteiger partial charge in [-0.3, -0.25) is 0 Å². The van der Waals surface area contributed by atoms with Gasteiger partial charge in [-0.05, 0) is 30.9 Å². The zero-order valence-corrected chi connectivity index (χ0v) is 15.6. The van der Waals surface area contributed by atoms with Crippen LogP contribution in [0.2, 0.25) is 0 Å². The smallest absolute Gasteiger partial charge is 0.183 e. The predicted molar refractivity (Wildman–Crippen MR) is 104 cm³/mol. The lowest BCUT2D eigenvalue weighted by molar-refractivity contribution is 0.327. The summed E-state index contributed by atoms with van der Waals surface area (Å²) in [4.78, 5) is 6.21. The third-order valence-electron chi connectivity index (χ3n) is 4.69. The first kappa shape index (κ1) is 19.0. The first-order valence-corrected chi connectivity index (χ1v) is 9.17. The maximum atomic E-state index is 5.83. The van der Waals surface area contributed by atoms with E-state index in [1.807, 2.05) is 12.1 Å². The maximum Gasteiger partial charge on any atom is 0.183 e. The second-order valence-corrected chi connectivity index (χ2v) is 7.35. The van der Waals surface area contributed by atoms with Gasteiger partial charge < -0.3 is 16.2 Å². The predicted octanol–water partition coefficient (Wildman–Crippen LogP) is 5.32. The van der Waals surface area contributed by atoms with E-state index in [9.17, 15) is 0 Å². The van der Waals surface area contributed by atoms with Crippen molar-refractivity contribution in [2.75, 3.05) is 18.5 Å². The van der Waals surface area contributed by atoms with Crippen molar-refractivity contribution < 1.29 is 4.74 Å². The molecule has 0 spiro atoms. The fourth-order valence-electron chi connectivity index (χ4n) is 3.47. The molecule has 0 atom stereocenters. The number of nitrogens with zero attached hydrogens (tertiary/aromatic N) is 1. The Morgan fingerprint density at radius 2 is 1.96 bits per heavy atom. The Kier molecular flexibility index (Phi) is 6.90. The zero-order valence-electron chi connectivity index (χ0n) is 13.9. The first-order chi connectivity index (χ1) is 10.9. The van der Waals surface area contributed by atoms with Gasteiger partial charge in [-0.1, -0.05) is 31.4 Å². The van der Waals surface area contributed by atoms with Crippen molar-refractivity contribution in [2.24, 2.45) is 5.92 Å². The lowest BCUT2D eigenvalue weighted by Crippen LogP contribution is -2.16. The molecule has 0 radical (unpaired) electrons. The lowest BCUT2D eigenvalue weighted by Gasteiger charge is -2.21. The molecule has 1 fully saturated rings. The molecule has 1 aliphatic heterocycles. The quantitative estimate of drug-likeness (QED) is 0.770. The number of nitrogens with one attached hydrogen (secondary N) is 1. The van der Waals surface area contributed by atoms with E-state index in [0.29, 0.717) is 0 Å². The average molecular weight is 368 g/mol. The van der Waals surface area contributed by atoms with Crippen LogP contribution in [-0.4, -0.2) is 18.1 Å². The number of anilines is 1. The number of ether oxygens (including phenoxy) is 1. The van der Waals surface area contributed by atoms with E-state index in [4.69, 9.17) is 9.72 Å². The second kappa shape index (κ2) is 8.70. The standard InChI is InChI=1S/C18H22N2OS.ClH.H3N/c1-2-6-13(7-3-1)12-19-18-20-17-14-8-4-5-9-15(14)21-11-10-16(17)22-18;;/h4-5,8-9,13H,1-3,6-7,10-12H2,(H,19,20);1H;1H3. The van der Waals surface area contributed by atoms with Gasteiger partial charge >= 0.3 is 0 Å². The molecule has 1 aromatic carbocycles. The Morgan fingerprint density at radius 1 is 1.17 bits per heavy atom. The molecule has 0 unspecified atom stereocenters. The molecule has 24 heavy (non-hydrogen) atoms. The van der Waals surface area contributed by atoms with Crippen LogP contribution in [0.1, 0.15) is 37.0 Å². The number of aromatic nitrogens is 1. The van der Waals surface area contributed by atoms with Crippen LogP contribution in [0.15, 0.2) is 24.3 Å². The highest BCUT2D eigenvalue weighted by Crippen LogP contribution is 2.39. The summed E-state index contributed by atoms with van der Waals surface area (Å²) >= 11 is 1.80. The van der Waals surface area contributed by atoms with Gasteiger partial charge in [0.2, 0.25) is 0 Å². The van der Waals surface area contributed by atoms with Crippen LogP contribution in [0.5, 0.6) is 5.75 Å². The van der Waals surface area contributed by atoms with Crippen molar-refractivity contribution in [1.82, 2.24) is 11.1 Å². The maximum absolute atomic E-state index is 5.83. The first-order valence-electron chi connectivity index (χ1n) is 8.36. The van der Waals surface area contributed by atoms with Crippen LogP contribution in [0, 0.1) is 5.92 Å². The third-order valence-corrected chi connectivity index (χ3v) is 5.77. The fourth-order valence-corrected chi connectivity index (χ4v) is 4.44. The summed E-state index contributed by atoms with van der Waals surface area (Å²) in [5.41, 5.74) is 2.25. The summed E-state index contributed by atoms with van der Waals surface area (Å²) < 4.78 is 5.83. The molecule has 2 aliphatic rings. The highest BCUT2D eigenvalue weighted by atomic mass is 35.5. The number of thiazole rings is 1. The van der Waals surface area contributed by atoms with E-state index in [1.165, 1.54) is 37.0 Å². The lowest BCUT2D eigenvalue weighted by atomic mass is 9.89. The normalized spacial score (nSPS) is 16.5. The van der Waals surface area contributed by atoms with Gasteiger partial charge in [0.25, 0.3) is 0 Å². The van der Waals surface area contributed by atoms with E-state index in [2.05, 4.69) is 17.4 Å². The number of hydrogen-bond acceptors (Lipinski definition) is 5. The molecule has 1 saturated carbocycles. The van der Waals surface area contributed by atoms with Gasteiger partial charge in [0.05, 0.1) is 12.3 Å². The molecule has 132 valence electrons. The number of fused-ring (bicyclic) bond motifs is 3. The average Bonchev–Trinajstić information content (AvgIpc) is 2.90. The molecule has 2 aromatic rings. The van der Waals surface area contributed by atoms with Crippen molar-refractivity contribution >= 4 is 28.9 Å². The van der Waals surface area contributed by atoms with E-state index >= 15 is 0 Å². The third kappa shape index (κ3) is 4.02. The van der Waals surface area contributed by atoms with Crippen molar-refractivity contribution in [2.45, 2.75) is 38.5 Å². The van der Waals surface area contributed by atoms with Gasteiger partial charge in [0.15, 0.2) is 5.13 Å². The summed E-state index contributed by atoms with van der Waals surface area (Å²) in [6.45, 7) is 1.82. The molecule has 6 heteroatoms. The molecular formula is C18H26ClN3OS. The van der Waals surface area contributed by atoms with E-state index < -0.39 is 0 Å². The van der Waals surface area contributed by atoms with Crippen molar-refractivity contribution in [3.63, 3.8) is 0 Å². The Bertz CT molecular complexity index is 655. The van der Waals surface area contributed by atoms with Crippen LogP contribution < -0.4 is 16.2 Å². The Morgan fingerprint density at radius 3 is 2.79 bits per heavy atom. The van der Waals surface area contributed by atoms with Crippen molar-refractivity contribution in [1.29, 1.82) is 0 Å². The summed E-state index contributed by atoms with van der Waals surface area (Å²) in [7, 11) is 0. The summed E-state index contributed by atoms with van der Waals surface area (Å²) in [6.07, 6.45) is 7.89. The van der Waals surface area contributed by atoms with Crippen molar-refractivity contribution in [3.8, 4) is 17.0 Å². The highest BCUT2D eigenvalue weighted by molar-refractivity contribution is 7.16. The molecule has 1 aliphatic carbocycles. The van der Waals surface area contributed by atoms with Gasteiger partial charge in [-0.2, -0.15) is 0 Å². The van der Waals surface area contributed by atoms with Crippen LogP contribution in [-0.2, 0) is 6.42 Å². The largest absolute Gasteiger partial charge is 0.493 e. The van der Waals surface area contributed by atoms with E-state index in [1.54, 1.807) is 11.3 Å². The molecule has 0 saturated heterocycles. The minimum absolute atomic E-state index is 0. The van der Waals surface area contributed by atoms with Gasteiger partial charge in [0.1, 0.15) is 5.75 Å². The Labute approximate surface area is 154 Å². The molecule has 4 nitrogen and oxygen atoms in total. The number of hydrogen-bond donors (Lipinski definition) is 2. The van der Waals surface area contributed by atoms with E-state index in [-0.39, 0.29) is 18.6 Å². The highest BCUT2D eigenvalue weighted by Gasteiger charge is 2.20. The number of halogens is 1. The topological polar surface area (TPSA) is 69.2 Å². The molecule has 0 amide bonds. The molecule has 1 aromatic heterocycles. The summed E-state index contributed by atoms with van der Waals surface area (Å²) in [5.74, 6) is 1.79. The van der Waals surface area contributed by atoms with Gasteiger partial charge in [0, 0.05) is 23.4 Å². The fraction of sp³-hybridized carbons (Fsp3) is 0.500.